The standard InChI is InChI=1S/C22H35N3O6/c1-22(2,3)31-15-13-23-20(27)18-10-9-14-25(16-18)17-30-21(28)24-12-8-6-5-7-11-19(26)29-4/h9-10,14,16H,5-8,11-13,15,17H2,1-4H3,(H-,23,24,27,28)/p+1. The maximum absolute atomic E-state index is 12.2. The maximum atomic E-state index is 12.2. The lowest BCUT2D eigenvalue weighted by Crippen LogP contribution is -2.39. The summed E-state index contributed by atoms with van der Waals surface area (Å²) in [6, 6.07) is 3.41. The molecule has 1 rings (SSSR count). The smallest absolute Gasteiger partial charge is 0.411 e. The monoisotopic (exact) mass is 438 g/mol. The van der Waals surface area contributed by atoms with Crippen molar-refractivity contribution >= 4 is 18.0 Å². The molecule has 2 N–H and O–H groups in total. The molecule has 0 aliphatic rings. The largest absolute Gasteiger partial charge is 0.469 e. The van der Waals surface area contributed by atoms with E-state index in [-0.39, 0.29) is 24.2 Å². The fourth-order valence-electron chi connectivity index (χ4n) is 2.59. The summed E-state index contributed by atoms with van der Waals surface area (Å²) in [5.74, 6) is -0.418. The fraction of sp³-hybridized carbons (Fsp3) is 0.636. The Labute approximate surface area is 184 Å². The summed E-state index contributed by atoms with van der Waals surface area (Å²) in [5.41, 5.74) is 0.220. The highest BCUT2D eigenvalue weighted by Crippen LogP contribution is 2.05. The molecule has 1 aromatic rings. The normalized spacial score (nSPS) is 11.0. The van der Waals surface area contributed by atoms with Crippen LogP contribution in [0.1, 0.15) is 63.2 Å². The summed E-state index contributed by atoms with van der Waals surface area (Å²) >= 11 is 0. The molecule has 174 valence electrons. The van der Waals surface area contributed by atoms with E-state index in [0.29, 0.717) is 31.7 Å². The van der Waals surface area contributed by atoms with Crippen LogP contribution in [0.25, 0.3) is 0 Å². The number of rotatable bonds is 13. The molecule has 9 nitrogen and oxygen atoms in total. The molecule has 0 bridgehead atoms. The van der Waals surface area contributed by atoms with E-state index < -0.39 is 6.09 Å². The van der Waals surface area contributed by atoms with Crippen molar-refractivity contribution in [1.82, 2.24) is 10.6 Å². The Kier molecular flexibility index (Phi) is 12.2. The van der Waals surface area contributed by atoms with Gasteiger partial charge in [-0.3, -0.25) is 9.59 Å². The van der Waals surface area contributed by atoms with Crippen molar-refractivity contribution < 1.29 is 33.2 Å². The summed E-state index contributed by atoms with van der Waals surface area (Å²) in [4.78, 5) is 35.0. The molecule has 0 radical (unpaired) electrons. The van der Waals surface area contributed by atoms with Gasteiger partial charge in [0.1, 0.15) is 5.56 Å². The van der Waals surface area contributed by atoms with Crippen LogP contribution in [0, 0.1) is 0 Å². The third-order valence-corrected chi connectivity index (χ3v) is 4.19. The van der Waals surface area contributed by atoms with E-state index in [2.05, 4.69) is 15.4 Å². The second-order valence-electron chi connectivity index (χ2n) is 8.05. The first-order chi connectivity index (χ1) is 14.7. The minimum atomic E-state index is -0.517. The number of unbranched alkanes of at least 4 members (excludes halogenated alkanes) is 3. The molecule has 0 aromatic carbocycles. The second kappa shape index (κ2) is 14.3. The molecule has 0 atom stereocenters. The second-order valence-corrected chi connectivity index (χ2v) is 8.05. The summed E-state index contributed by atoms with van der Waals surface area (Å²) in [7, 11) is 1.38. The zero-order valence-corrected chi connectivity index (χ0v) is 19.1. The molecule has 0 saturated heterocycles. The molecular weight excluding hydrogens is 402 g/mol. The Morgan fingerprint density at radius 3 is 2.48 bits per heavy atom. The van der Waals surface area contributed by atoms with Crippen molar-refractivity contribution in [3.8, 4) is 0 Å². The van der Waals surface area contributed by atoms with Crippen LogP contribution in [0.15, 0.2) is 24.5 Å². The first-order valence-electron chi connectivity index (χ1n) is 10.6. The Balaban J connectivity index is 2.23. The van der Waals surface area contributed by atoms with Gasteiger partial charge in [0.25, 0.3) is 12.6 Å². The number of aromatic nitrogens is 1. The Morgan fingerprint density at radius 2 is 1.77 bits per heavy atom. The molecule has 0 fully saturated rings. The van der Waals surface area contributed by atoms with Crippen molar-refractivity contribution in [3.63, 3.8) is 0 Å². The Morgan fingerprint density at radius 1 is 1.03 bits per heavy atom. The number of amides is 2. The summed E-state index contributed by atoms with van der Waals surface area (Å²) < 4.78 is 16.9. The van der Waals surface area contributed by atoms with Crippen LogP contribution in [0.4, 0.5) is 4.79 Å². The number of nitrogens with zero attached hydrogens (tertiary/aromatic N) is 1. The zero-order valence-electron chi connectivity index (χ0n) is 19.1. The lowest BCUT2D eigenvalue weighted by atomic mass is 10.1. The third kappa shape index (κ3) is 13.3. The summed E-state index contributed by atoms with van der Waals surface area (Å²) in [5, 5.41) is 5.49. The van der Waals surface area contributed by atoms with Gasteiger partial charge >= 0.3 is 12.1 Å². The van der Waals surface area contributed by atoms with E-state index in [0.717, 1.165) is 25.7 Å². The van der Waals surface area contributed by atoms with Gasteiger partial charge in [-0.15, -0.1) is 0 Å². The van der Waals surface area contributed by atoms with Crippen LogP contribution in [-0.4, -0.2) is 50.4 Å². The number of carbonyl (C=O) groups excluding carboxylic acids is 3. The van der Waals surface area contributed by atoms with E-state index in [1.165, 1.54) is 7.11 Å². The average molecular weight is 439 g/mol. The van der Waals surface area contributed by atoms with E-state index in [1.54, 1.807) is 29.1 Å². The number of nitrogens with one attached hydrogen (secondary N) is 2. The summed E-state index contributed by atoms with van der Waals surface area (Å²) in [6.45, 7) is 7.21. The molecule has 1 aromatic heterocycles. The average Bonchev–Trinajstić information content (AvgIpc) is 2.73. The molecule has 2 amide bonds. The minimum Gasteiger partial charge on any atom is -0.469 e. The zero-order chi connectivity index (χ0) is 23.1. The van der Waals surface area contributed by atoms with Crippen LogP contribution in [0.5, 0.6) is 0 Å². The van der Waals surface area contributed by atoms with E-state index in [9.17, 15) is 14.4 Å². The molecule has 0 aliphatic carbocycles. The van der Waals surface area contributed by atoms with Crippen LogP contribution in [0.3, 0.4) is 0 Å². The number of alkyl carbamates (subject to hydrolysis) is 1. The number of esters is 1. The van der Waals surface area contributed by atoms with Gasteiger partial charge in [-0.25, -0.2) is 4.79 Å². The van der Waals surface area contributed by atoms with Crippen molar-refractivity contribution in [2.75, 3.05) is 26.8 Å². The minimum absolute atomic E-state index is 0.000776. The van der Waals surface area contributed by atoms with Gasteiger partial charge < -0.3 is 24.8 Å². The predicted molar refractivity (Wildman–Crippen MR) is 114 cm³/mol. The van der Waals surface area contributed by atoms with E-state index in [1.807, 2.05) is 20.8 Å². The van der Waals surface area contributed by atoms with Crippen molar-refractivity contribution in [2.24, 2.45) is 0 Å². The van der Waals surface area contributed by atoms with Gasteiger partial charge in [0, 0.05) is 25.6 Å². The molecule has 0 spiro atoms. The van der Waals surface area contributed by atoms with Gasteiger partial charge in [0.15, 0.2) is 12.4 Å². The topological polar surface area (TPSA) is 107 Å². The molecule has 0 saturated carbocycles. The number of hydrogen-bond donors (Lipinski definition) is 2. The number of ether oxygens (including phenoxy) is 3. The number of methoxy groups -OCH3 is 1. The molecule has 9 heteroatoms. The molecule has 0 unspecified atom stereocenters. The Bertz CT molecular complexity index is 703. The highest BCUT2D eigenvalue weighted by Gasteiger charge is 2.13. The van der Waals surface area contributed by atoms with Gasteiger partial charge in [-0.2, -0.15) is 4.57 Å². The highest BCUT2D eigenvalue weighted by molar-refractivity contribution is 5.93. The lowest BCUT2D eigenvalue weighted by Gasteiger charge is -2.19. The number of hydrogen-bond acceptors (Lipinski definition) is 6. The predicted octanol–water partition coefficient (Wildman–Crippen LogP) is 2.33. The molecule has 31 heavy (non-hydrogen) atoms. The van der Waals surface area contributed by atoms with Crippen molar-refractivity contribution in [2.45, 2.75) is 65.2 Å². The Hall–Kier alpha value is -2.68. The quantitative estimate of drug-likeness (QED) is 0.278. The SMILES string of the molecule is COC(=O)CCCCCCNC(=O)OC[n+]1cccc(C(=O)NCCOC(C)(C)C)c1. The number of carbonyl (C=O) groups is 3. The van der Waals surface area contributed by atoms with Crippen LogP contribution in [0.2, 0.25) is 0 Å². The first-order valence-corrected chi connectivity index (χ1v) is 10.6. The molecule has 1 heterocycles. The fourth-order valence-corrected chi connectivity index (χ4v) is 2.59. The van der Waals surface area contributed by atoms with Crippen LogP contribution >= 0.6 is 0 Å². The van der Waals surface area contributed by atoms with Gasteiger partial charge in [-0.05, 0) is 39.7 Å². The van der Waals surface area contributed by atoms with Crippen molar-refractivity contribution in [3.05, 3.63) is 30.1 Å². The van der Waals surface area contributed by atoms with E-state index >= 15 is 0 Å². The summed E-state index contributed by atoms with van der Waals surface area (Å²) in [6.07, 6.45) is 6.63. The molecule has 0 aliphatic heterocycles. The van der Waals surface area contributed by atoms with Gasteiger partial charge in [-0.1, -0.05) is 12.8 Å². The van der Waals surface area contributed by atoms with E-state index in [4.69, 9.17) is 9.47 Å². The van der Waals surface area contributed by atoms with Gasteiger partial charge in [0.2, 0.25) is 0 Å². The van der Waals surface area contributed by atoms with Gasteiger partial charge in [0.05, 0.1) is 19.3 Å². The molecular formula is C22H36N3O6+. The highest BCUT2D eigenvalue weighted by atomic mass is 16.6. The van der Waals surface area contributed by atoms with Crippen LogP contribution < -0.4 is 15.2 Å². The van der Waals surface area contributed by atoms with Crippen LogP contribution in [-0.2, 0) is 25.7 Å². The maximum Gasteiger partial charge on any atom is 0.411 e. The van der Waals surface area contributed by atoms with Crippen molar-refractivity contribution in [1.29, 1.82) is 0 Å². The first kappa shape index (κ1) is 26.4. The lowest BCUT2D eigenvalue weighted by molar-refractivity contribution is -0.727. The number of pyridine rings is 1. The third-order valence-electron chi connectivity index (χ3n) is 4.19.